The van der Waals surface area contributed by atoms with Crippen LogP contribution in [0.15, 0.2) is 0 Å². The largest absolute Gasteiger partial charge is 0.465 e. The molecule has 6 nitrogen and oxygen atoms in total. The number of cyclic esters (lactones) is 1. The molecule has 3 N–H and O–H groups in total. The van der Waals surface area contributed by atoms with Crippen LogP contribution in [0.2, 0.25) is 0 Å². The van der Waals surface area contributed by atoms with Crippen molar-refractivity contribution < 1.29 is 19.1 Å². The molecule has 1 heterocycles. The zero-order valence-electron chi connectivity index (χ0n) is 11.2. The number of thioether (sulfide) groups is 1. The summed E-state index contributed by atoms with van der Waals surface area (Å²) in [4.78, 5) is 24.1. The summed E-state index contributed by atoms with van der Waals surface area (Å²) < 4.78 is 10.2. The van der Waals surface area contributed by atoms with Gasteiger partial charge in [0.05, 0.1) is 6.61 Å². The topological polar surface area (TPSA) is 102 Å². The van der Waals surface area contributed by atoms with Crippen molar-refractivity contribution in [1.29, 1.82) is 5.41 Å². The van der Waals surface area contributed by atoms with Crippen LogP contribution >= 0.6 is 11.8 Å². The molecular formula is C12H20N2O4S. The van der Waals surface area contributed by atoms with E-state index in [4.69, 9.17) is 20.6 Å². The predicted octanol–water partition coefficient (Wildman–Crippen LogP) is 1.28. The number of hydrogen-bond donors (Lipinski definition) is 2. The molecule has 0 radical (unpaired) electrons. The molecule has 1 saturated heterocycles. The molecule has 0 bridgehead atoms. The van der Waals surface area contributed by atoms with Crippen LogP contribution in [0.1, 0.15) is 33.1 Å². The highest BCUT2D eigenvalue weighted by Crippen LogP contribution is 2.40. The Kier molecular flexibility index (Phi) is 5.65. The Morgan fingerprint density at radius 3 is 2.84 bits per heavy atom. The number of rotatable bonds is 6. The summed E-state index contributed by atoms with van der Waals surface area (Å²) in [5, 5.41) is 7.12. The summed E-state index contributed by atoms with van der Waals surface area (Å²) in [6.45, 7) is 3.86. The lowest BCUT2D eigenvalue weighted by Gasteiger charge is -2.21. The van der Waals surface area contributed by atoms with E-state index in [0.29, 0.717) is 25.0 Å². The average molecular weight is 288 g/mol. The van der Waals surface area contributed by atoms with Crippen LogP contribution in [-0.2, 0) is 19.1 Å². The predicted molar refractivity (Wildman–Crippen MR) is 72.8 cm³/mol. The Hall–Kier alpha value is -1.24. The van der Waals surface area contributed by atoms with Gasteiger partial charge in [0.15, 0.2) is 10.6 Å². The van der Waals surface area contributed by atoms with Crippen molar-refractivity contribution in [2.75, 3.05) is 12.4 Å². The number of nitrogens with two attached hydrogens (primary N) is 1. The van der Waals surface area contributed by atoms with Crippen molar-refractivity contribution >= 4 is 28.9 Å². The van der Waals surface area contributed by atoms with E-state index in [-0.39, 0.29) is 11.8 Å². The smallest absolute Gasteiger partial charge is 0.323 e. The van der Waals surface area contributed by atoms with E-state index in [1.807, 2.05) is 6.92 Å². The lowest BCUT2D eigenvalue weighted by atomic mass is 9.80. The van der Waals surface area contributed by atoms with E-state index in [9.17, 15) is 9.59 Å². The normalized spacial score (nSPS) is 26.0. The molecule has 0 saturated carbocycles. The third-order valence-corrected chi connectivity index (χ3v) is 3.86. The van der Waals surface area contributed by atoms with Crippen LogP contribution in [0.25, 0.3) is 0 Å². The molecule has 0 unspecified atom stereocenters. The monoisotopic (exact) mass is 288 g/mol. The van der Waals surface area contributed by atoms with E-state index < -0.39 is 23.5 Å². The van der Waals surface area contributed by atoms with E-state index >= 15 is 0 Å². The molecule has 2 atom stereocenters. The number of carbonyl (C=O) groups excluding carboxylic acids is 2. The second-order valence-electron chi connectivity index (χ2n) is 4.46. The zero-order valence-corrected chi connectivity index (χ0v) is 12.0. The van der Waals surface area contributed by atoms with Crippen molar-refractivity contribution in [2.45, 2.75) is 39.2 Å². The second-order valence-corrected chi connectivity index (χ2v) is 5.52. The number of esters is 2. The van der Waals surface area contributed by atoms with Crippen LogP contribution in [0.4, 0.5) is 0 Å². The van der Waals surface area contributed by atoms with Gasteiger partial charge in [0.25, 0.3) is 0 Å². The van der Waals surface area contributed by atoms with Crippen molar-refractivity contribution in [1.82, 2.24) is 0 Å². The number of amidine groups is 1. The van der Waals surface area contributed by atoms with E-state index in [2.05, 4.69) is 0 Å². The molecule has 0 aromatic rings. The van der Waals surface area contributed by atoms with Crippen LogP contribution in [0.5, 0.6) is 0 Å². The minimum Gasteiger partial charge on any atom is -0.465 e. The second kappa shape index (κ2) is 6.79. The van der Waals surface area contributed by atoms with Gasteiger partial charge in [-0.25, -0.2) is 0 Å². The Morgan fingerprint density at radius 2 is 2.32 bits per heavy atom. The van der Waals surface area contributed by atoms with Gasteiger partial charge in [-0.2, -0.15) is 0 Å². The maximum absolute atomic E-state index is 12.1. The highest BCUT2D eigenvalue weighted by molar-refractivity contribution is 8.13. The first kappa shape index (κ1) is 15.8. The molecule has 0 spiro atoms. The molecule has 108 valence electrons. The number of carbonyl (C=O) groups is 2. The molecule has 1 fully saturated rings. The summed E-state index contributed by atoms with van der Waals surface area (Å²) in [5.74, 6) is -0.620. The molecule has 1 aliphatic heterocycles. The summed E-state index contributed by atoms with van der Waals surface area (Å²) >= 11 is 1.11. The van der Waals surface area contributed by atoms with E-state index in [1.165, 1.54) is 0 Å². The van der Waals surface area contributed by atoms with E-state index in [1.54, 1.807) is 6.92 Å². The molecular weight excluding hydrogens is 268 g/mol. The lowest BCUT2D eigenvalue weighted by molar-refractivity contribution is -0.165. The Labute approximate surface area is 116 Å². The Bertz CT molecular complexity index is 375. The van der Waals surface area contributed by atoms with Crippen LogP contribution < -0.4 is 5.73 Å². The fourth-order valence-electron chi connectivity index (χ4n) is 2.22. The molecule has 1 aliphatic rings. The average Bonchev–Trinajstić information content (AvgIpc) is 2.66. The summed E-state index contributed by atoms with van der Waals surface area (Å²) in [7, 11) is 0. The van der Waals surface area contributed by atoms with Gasteiger partial charge >= 0.3 is 11.9 Å². The minimum atomic E-state index is -1.17. The molecule has 19 heavy (non-hydrogen) atoms. The fourth-order valence-corrected chi connectivity index (χ4v) is 2.77. The highest BCUT2D eigenvalue weighted by Gasteiger charge is 2.55. The molecule has 0 amide bonds. The Balaban J connectivity index is 2.78. The maximum Gasteiger partial charge on any atom is 0.323 e. The number of hydrogen-bond acceptors (Lipinski definition) is 6. The summed E-state index contributed by atoms with van der Waals surface area (Å²) in [5.41, 5.74) is 4.08. The van der Waals surface area contributed by atoms with Crippen LogP contribution in [0, 0.1) is 10.8 Å². The zero-order chi connectivity index (χ0) is 14.5. The van der Waals surface area contributed by atoms with Crippen molar-refractivity contribution in [3.63, 3.8) is 0 Å². The Morgan fingerprint density at radius 1 is 1.63 bits per heavy atom. The van der Waals surface area contributed by atoms with Crippen LogP contribution in [0.3, 0.4) is 0 Å². The summed E-state index contributed by atoms with van der Waals surface area (Å²) in [6.07, 6.45) is 1.03. The van der Waals surface area contributed by atoms with Gasteiger partial charge < -0.3 is 15.2 Å². The van der Waals surface area contributed by atoms with Gasteiger partial charge in [0, 0.05) is 12.2 Å². The molecule has 0 aromatic heterocycles. The first-order chi connectivity index (χ1) is 8.96. The first-order valence-corrected chi connectivity index (χ1v) is 7.30. The SMILES string of the molecule is CCC[C@@]1(C(=O)OCC)C[C@@H](CSC(=N)N)OC1=O. The van der Waals surface area contributed by atoms with Gasteiger partial charge in [-0.1, -0.05) is 25.1 Å². The van der Waals surface area contributed by atoms with Crippen molar-refractivity contribution in [2.24, 2.45) is 11.1 Å². The minimum absolute atomic E-state index is 0.0276. The molecule has 0 aliphatic carbocycles. The third-order valence-electron chi connectivity index (χ3n) is 3.01. The van der Waals surface area contributed by atoms with E-state index in [0.717, 1.165) is 11.8 Å². The molecule has 1 rings (SSSR count). The molecule has 0 aromatic carbocycles. The van der Waals surface area contributed by atoms with Gasteiger partial charge in [-0.3, -0.25) is 15.0 Å². The summed E-state index contributed by atoms with van der Waals surface area (Å²) in [6, 6.07) is 0. The van der Waals surface area contributed by atoms with Gasteiger partial charge in [-0.05, 0) is 13.3 Å². The number of nitrogens with one attached hydrogen (secondary N) is 1. The molecule has 7 heteroatoms. The quantitative estimate of drug-likeness (QED) is 0.330. The van der Waals surface area contributed by atoms with Gasteiger partial charge in [-0.15, -0.1) is 0 Å². The van der Waals surface area contributed by atoms with Crippen LogP contribution in [-0.4, -0.2) is 35.6 Å². The third kappa shape index (κ3) is 3.62. The lowest BCUT2D eigenvalue weighted by Crippen LogP contribution is -2.37. The highest BCUT2D eigenvalue weighted by atomic mass is 32.2. The van der Waals surface area contributed by atoms with Crippen molar-refractivity contribution in [3.05, 3.63) is 0 Å². The first-order valence-electron chi connectivity index (χ1n) is 6.31. The van der Waals surface area contributed by atoms with Gasteiger partial charge in [0.2, 0.25) is 0 Å². The number of ether oxygens (including phenoxy) is 2. The fraction of sp³-hybridized carbons (Fsp3) is 0.750. The maximum atomic E-state index is 12.1. The van der Waals surface area contributed by atoms with Gasteiger partial charge in [0.1, 0.15) is 6.10 Å². The van der Waals surface area contributed by atoms with Crippen molar-refractivity contribution in [3.8, 4) is 0 Å². The standard InChI is InChI=1S/C12H20N2O4S/c1-3-5-12(9(15)17-4-2)6-8(18-10(12)16)7-19-11(13)14/h8H,3-7H2,1-2H3,(H3,13,14)/t8-,12-/m0/s1.